The standard InChI is InChI=1S/C15H26N6O3S/c1-16-11-12-10-14(17-2)19-15(18-12)13-4-3-5-21(13)25(22,23)20-6-8-24-9-7-20/h10,13,16H,3-9,11H2,1-2H3,(H,17,18,19)/t13-/m0/s1. The maximum atomic E-state index is 13.0. The molecular weight excluding hydrogens is 344 g/mol. The molecule has 3 heterocycles. The number of hydrogen-bond acceptors (Lipinski definition) is 7. The van der Waals surface area contributed by atoms with E-state index in [0.717, 1.165) is 18.5 Å². The number of nitrogens with one attached hydrogen (secondary N) is 2. The van der Waals surface area contributed by atoms with Gasteiger partial charge in [-0.2, -0.15) is 17.0 Å². The Morgan fingerprint density at radius 3 is 2.68 bits per heavy atom. The van der Waals surface area contributed by atoms with Crippen LogP contribution in [0.4, 0.5) is 5.82 Å². The van der Waals surface area contributed by atoms with Crippen molar-refractivity contribution in [2.45, 2.75) is 25.4 Å². The Balaban J connectivity index is 1.89. The van der Waals surface area contributed by atoms with E-state index in [0.29, 0.717) is 51.0 Å². The molecule has 1 aromatic heterocycles. The summed E-state index contributed by atoms with van der Waals surface area (Å²) >= 11 is 0. The molecule has 25 heavy (non-hydrogen) atoms. The van der Waals surface area contributed by atoms with Gasteiger partial charge in [0.05, 0.1) is 24.9 Å². The predicted molar refractivity (Wildman–Crippen MR) is 94.3 cm³/mol. The van der Waals surface area contributed by atoms with Crippen LogP contribution in [0, 0.1) is 0 Å². The summed E-state index contributed by atoms with van der Waals surface area (Å²) in [4.78, 5) is 9.12. The average molecular weight is 370 g/mol. The summed E-state index contributed by atoms with van der Waals surface area (Å²) in [6.45, 7) is 2.78. The molecule has 2 N–H and O–H groups in total. The fourth-order valence-corrected chi connectivity index (χ4v) is 5.05. The van der Waals surface area contributed by atoms with Crippen molar-refractivity contribution in [3.05, 3.63) is 17.6 Å². The number of hydrogen-bond donors (Lipinski definition) is 2. The first-order valence-corrected chi connectivity index (χ1v) is 10.0. The second-order valence-electron chi connectivity index (χ2n) is 6.17. The van der Waals surface area contributed by atoms with Crippen LogP contribution in [0.1, 0.15) is 30.4 Å². The second-order valence-corrected chi connectivity index (χ2v) is 8.05. The van der Waals surface area contributed by atoms with E-state index in [1.54, 1.807) is 11.4 Å². The second kappa shape index (κ2) is 7.92. The van der Waals surface area contributed by atoms with Crippen molar-refractivity contribution in [3.63, 3.8) is 0 Å². The fraction of sp³-hybridized carbons (Fsp3) is 0.733. The molecule has 0 radical (unpaired) electrons. The third kappa shape index (κ3) is 3.93. The Bertz CT molecular complexity index is 693. The van der Waals surface area contributed by atoms with E-state index >= 15 is 0 Å². The monoisotopic (exact) mass is 370 g/mol. The van der Waals surface area contributed by atoms with Gasteiger partial charge in [-0.25, -0.2) is 9.97 Å². The lowest BCUT2D eigenvalue weighted by atomic mass is 10.2. The molecule has 10 heteroatoms. The van der Waals surface area contributed by atoms with Crippen LogP contribution in [0.3, 0.4) is 0 Å². The van der Waals surface area contributed by atoms with Gasteiger partial charge < -0.3 is 15.4 Å². The Morgan fingerprint density at radius 1 is 1.24 bits per heavy atom. The highest BCUT2D eigenvalue weighted by molar-refractivity contribution is 7.86. The molecule has 0 aliphatic carbocycles. The van der Waals surface area contributed by atoms with E-state index in [-0.39, 0.29) is 6.04 Å². The van der Waals surface area contributed by atoms with Crippen molar-refractivity contribution in [2.75, 3.05) is 52.3 Å². The van der Waals surface area contributed by atoms with Gasteiger partial charge >= 0.3 is 0 Å². The summed E-state index contributed by atoms with van der Waals surface area (Å²) in [5, 5.41) is 6.11. The molecule has 2 aliphatic rings. The van der Waals surface area contributed by atoms with Gasteiger partial charge in [0.2, 0.25) is 0 Å². The van der Waals surface area contributed by atoms with Crippen molar-refractivity contribution in [1.82, 2.24) is 23.9 Å². The van der Waals surface area contributed by atoms with Gasteiger partial charge in [-0.15, -0.1) is 0 Å². The molecular formula is C15H26N6O3S. The highest BCUT2D eigenvalue weighted by Gasteiger charge is 2.40. The van der Waals surface area contributed by atoms with Crippen LogP contribution in [0.15, 0.2) is 6.07 Å². The molecule has 2 fully saturated rings. The van der Waals surface area contributed by atoms with Crippen LogP contribution in [-0.2, 0) is 21.5 Å². The predicted octanol–water partition coefficient (Wildman–Crippen LogP) is -0.0484. The van der Waals surface area contributed by atoms with Crippen LogP contribution >= 0.6 is 0 Å². The van der Waals surface area contributed by atoms with E-state index < -0.39 is 10.2 Å². The van der Waals surface area contributed by atoms with Gasteiger partial charge in [0.1, 0.15) is 11.6 Å². The zero-order valence-electron chi connectivity index (χ0n) is 14.7. The smallest absolute Gasteiger partial charge is 0.282 e. The number of aromatic nitrogens is 2. The van der Waals surface area contributed by atoms with E-state index in [1.165, 1.54) is 4.31 Å². The van der Waals surface area contributed by atoms with Crippen LogP contribution in [0.5, 0.6) is 0 Å². The lowest BCUT2D eigenvalue weighted by Gasteiger charge is -2.32. The minimum Gasteiger partial charge on any atom is -0.379 e. The van der Waals surface area contributed by atoms with Crippen molar-refractivity contribution in [2.24, 2.45) is 0 Å². The lowest BCUT2D eigenvalue weighted by molar-refractivity contribution is 0.0698. The largest absolute Gasteiger partial charge is 0.379 e. The number of anilines is 1. The van der Waals surface area contributed by atoms with Crippen LogP contribution in [-0.4, -0.2) is 73.9 Å². The van der Waals surface area contributed by atoms with E-state index in [2.05, 4.69) is 20.6 Å². The summed E-state index contributed by atoms with van der Waals surface area (Å²) < 4.78 is 34.4. The Labute approximate surface area is 149 Å². The highest BCUT2D eigenvalue weighted by Crippen LogP contribution is 2.34. The lowest BCUT2D eigenvalue weighted by Crippen LogP contribution is -2.48. The van der Waals surface area contributed by atoms with Gasteiger partial charge in [0, 0.05) is 39.3 Å². The van der Waals surface area contributed by atoms with E-state index in [1.807, 2.05) is 13.1 Å². The summed E-state index contributed by atoms with van der Waals surface area (Å²) in [7, 11) is 0.117. The normalized spacial score (nSPS) is 23.0. The van der Waals surface area contributed by atoms with Gasteiger partial charge in [0.25, 0.3) is 10.2 Å². The number of morpholine rings is 1. The molecule has 0 unspecified atom stereocenters. The highest BCUT2D eigenvalue weighted by atomic mass is 32.2. The molecule has 0 bridgehead atoms. The van der Waals surface area contributed by atoms with Crippen molar-refractivity contribution < 1.29 is 13.2 Å². The molecule has 140 valence electrons. The topological polar surface area (TPSA) is 99.7 Å². The molecule has 0 spiro atoms. The molecule has 0 saturated carbocycles. The molecule has 1 aromatic rings. The van der Waals surface area contributed by atoms with E-state index in [9.17, 15) is 8.42 Å². The maximum Gasteiger partial charge on any atom is 0.282 e. The molecule has 1 atom stereocenters. The first-order valence-electron chi connectivity index (χ1n) is 8.61. The number of rotatable bonds is 6. The van der Waals surface area contributed by atoms with Crippen molar-refractivity contribution in [1.29, 1.82) is 0 Å². The Hall–Kier alpha value is -1.33. The van der Waals surface area contributed by atoms with Gasteiger partial charge in [-0.3, -0.25) is 0 Å². The minimum absolute atomic E-state index is 0.322. The van der Waals surface area contributed by atoms with Crippen LogP contribution in [0.2, 0.25) is 0 Å². The third-order valence-corrected chi connectivity index (χ3v) is 6.55. The third-order valence-electron chi connectivity index (χ3n) is 4.50. The zero-order valence-corrected chi connectivity index (χ0v) is 15.5. The van der Waals surface area contributed by atoms with E-state index in [4.69, 9.17) is 4.74 Å². The first kappa shape index (κ1) is 18.5. The molecule has 2 aliphatic heterocycles. The van der Waals surface area contributed by atoms with Crippen LogP contribution in [0.25, 0.3) is 0 Å². The zero-order chi connectivity index (χ0) is 17.9. The van der Waals surface area contributed by atoms with Gasteiger partial charge in [0.15, 0.2) is 0 Å². The van der Waals surface area contributed by atoms with Gasteiger partial charge in [-0.1, -0.05) is 0 Å². The average Bonchev–Trinajstić information content (AvgIpc) is 3.13. The minimum atomic E-state index is -3.53. The SMILES string of the molecule is CNCc1cc(NC)nc([C@@H]2CCCN2S(=O)(=O)N2CCOCC2)n1. The number of ether oxygens (including phenoxy) is 1. The summed E-state index contributed by atoms with van der Waals surface area (Å²) in [6, 6.07) is 1.55. The molecule has 2 saturated heterocycles. The molecule has 9 nitrogen and oxygen atoms in total. The van der Waals surface area contributed by atoms with Crippen molar-refractivity contribution >= 4 is 16.0 Å². The Kier molecular flexibility index (Phi) is 5.85. The summed E-state index contributed by atoms with van der Waals surface area (Å²) in [5.74, 6) is 1.26. The summed E-state index contributed by atoms with van der Waals surface area (Å²) in [5.41, 5.74) is 0.840. The quantitative estimate of drug-likeness (QED) is 0.724. The first-order chi connectivity index (χ1) is 12.1. The van der Waals surface area contributed by atoms with Crippen LogP contribution < -0.4 is 10.6 Å². The van der Waals surface area contributed by atoms with Gasteiger partial charge in [-0.05, 0) is 19.9 Å². The Morgan fingerprint density at radius 2 is 2.00 bits per heavy atom. The number of nitrogens with zero attached hydrogens (tertiary/aromatic N) is 4. The molecule has 0 aromatic carbocycles. The summed E-state index contributed by atoms with van der Waals surface area (Å²) in [6.07, 6.45) is 1.54. The molecule has 3 rings (SSSR count). The molecule has 0 amide bonds. The van der Waals surface area contributed by atoms with Crippen molar-refractivity contribution in [3.8, 4) is 0 Å². The maximum absolute atomic E-state index is 13.0. The fourth-order valence-electron chi connectivity index (χ4n) is 3.27.